The first-order valence-corrected chi connectivity index (χ1v) is 4.17. The SMILES string of the molecule is OCc1ncc2c(C(F)(F)F)cccn12. The maximum Gasteiger partial charge on any atom is 0.418 e. The summed E-state index contributed by atoms with van der Waals surface area (Å²) in [7, 11) is 0. The molecule has 2 aromatic heterocycles. The topological polar surface area (TPSA) is 37.5 Å². The van der Waals surface area contributed by atoms with Crippen molar-refractivity contribution in [3.8, 4) is 0 Å². The molecule has 2 heterocycles. The third-order valence-corrected chi connectivity index (χ3v) is 2.09. The predicted molar refractivity (Wildman–Crippen MR) is 46.1 cm³/mol. The van der Waals surface area contributed by atoms with Crippen molar-refractivity contribution in [3.63, 3.8) is 0 Å². The monoisotopic (exact) mass is 216 g/mol. The van der Waals surface area contributed by atoms with E-state index in [1.54, 1.807) is 0 Å². The van der Waals surface area contributed by atoms with Crippen LogP contribution in [-0.4, -0.2) is 14.5 Å². The first-order chi connectivity index (χ1) is 7.04. The molecule has 0 radical (unpaired) electrons. The van der Waals surface area contributed by atoms with Crippen LogP contribution in [0.15, 0.2) is 24.5 Å². The summed E-state index contributed by atoms with van der Waals surface area (Å²) < 4.78 is 38.8. The van der Waals surface area contributed by atoms with Crippen molar-refractivity contribution >= 4 is 5.52 Å². The van der Waals surface area contributed by atoms with Gasteiger partial charge in [-0.15, -0.1) is 0 Å². The molecule has 0 unspecified atom stereocenters. The fourth-order valence-corrected chi connectivity index (χ4v) is 1.43. The number of aliphatic hydroxyl groups is 1. The van der Waals surface area contributed by atoms with Gasteiger partial charge in [0, 0.05) is 6.20 Å². The van der Waals surface area contributed by atoms with E-state index in [9.17, 15) is 13.2 Å². The molecule has 0 fully saturated rings. The molecular formula is C9H7F3N2O. The van der Waals surface area contributed by atoms with Gasteiger partial charge in [-0.05, 0) is 12.1 Å². The standard InChI is InChI=1S/C9H7F3N2O/c10-9(11,12)6-2-1-3-14-7(6)4-13-8(14)5-15/h1-4,15H,5H2. The lowest BCUT2D eigenvalue weighted by Crippen LogP contribution is -2.07. The molecule has 0 bridgehead atoms. The molecular weight excluding hydrogens is 209 g/mol. The van der Waals surface area contributed by atoms with E-state index in [1.165, 1.54) is 16.7 Å². The first-order valence-electron chi connectivity index (χ1n) is 4.17. The summed E-state index contributed by atoms with van der Waals surface area (Å²) in [6, 6.07) is 2.26. The molecule has 0 aromatic carbocycles. The van der Waals surface area contributed by atoms with Crippen molar-refractivity contribution in [2.24, 2.45) is 0 Å². The number of alkyl halides is 3. The Morgan fingerprint density at radius 1 is 1.40 bits per heavy atom. The van der Waals surface area contributed by atoms with E-state index in [2.05, 4.69) is 4.98 Å². The smallest absolute Gasteiger partial charge is 0.388 e. The van der Waals surface area contributed by atoms with Crippen LogP contribution in [0.2, 0.25) is 0 Å². The second kappa shape index (κ2) is 3.23. The van der Waals surface area contributed by atoms with E-state index < -0.39 is 18.3 Å². The summed E-state index contributed by atoms with van der Waals surface area (Å²) in [5.41, 5.74) is -0.800. The quantitative estimate of drug-likeness (QED) is 0.789. The van der Waals surface area contributed by atoms with Gasteiger partial charge in [0.15, 0.2) is 0 Å². The maximum atomic E-state index is 12.5. The van der Waals surface area contributed by atoms with Crippen LogP contribution in [0.1, 0.15) is 11.4 Å². The van der Waals surface area contributed by atoms with Crippen LogP contribution in [0.5, 0.6) is 0 Å². The second-order valence-corrected chi connectivity index (χ2v) is 3.01. The third kappa shape index (κ3) is 1.56. The fourth-order valence-electron chi connectivity index (χ4n) is 1.43. The molecule has 6 heteroatoms. The van der Waals surface area contributed by atoms with E-state index in [0.717, 1.165) is 12.3 Å². The Bertz CT molecular complexity index is 490. The number of nitrogens with zero attached hydrogens (tertiary/aromatic N) is 2. The number of halogens is 3. The summed E-state index contributed by atoms with van der Waals surface area (Å²) in [6.45, 7) is -0.393. The number of imidazole rings is 1. The fraction of sp³-hybridized carbons (Fsp3) is 0.222. The molecule has 0 aliphatic rings. The van der Waals surface area contributed by atoms with Gasteiger partial charge < -0.3 is 9.51 Å². The molecule has 0 amide bonds. The highest BCUT2D eigenvalue weighted by Crippen LogP contribution is 2.32. The molecule has 0 saturated heterocycles. The van der Waals surface area contributed by atoms with E-state index in [-0.39, 0.29) is 11.3 Å². The van der Waals surface area contributed by atoms with Crippen molar-refractivity contribution in [2.75, 3.05) is 0 Å². The third-order valence-electron chi connectivity index (χ3n) is 2.09. The zero-order chi connectivity index (χ0) is 11.1. The van der Waals surface area contributed by atoms with Gasteiger partial charge in [-0.3, -0.25) is 0 Å². The maximum absolute atomic E-state index is 12.5. The van der Waals surface area contributed by atoms with E-state index >= 15 is 0 Å². The van der Waals surface area contributed by atoms with Gasteiger partial charge >= 0.3 is 6.18 Å². The number of aliphatic hydroxyl groups excluding tert-OH is 1. The molecule has 0 aliphatic heterocycles. The summed E-state index contributed by atoms with van der Waals surface area (Å²) in [5, 5.41) is 8.85. The number of hydrogen-bond donors (Lipinski definition) is 1. The van der Waals surface area contributed by atoms with Crippen LogP contribution < -0.4 is 0 Å². The Hall–Kier alpha value is -1.56. The van der Waals surface area contributed by atoms with Crippen LogP contribution in [0, 0.1) is 0 Å². The molecule has 0 spiro atoms. The Kier molecular flexibility index (Phi) is 2.15. The Morgan fingerprint density at radius 3 is 2.73 bits per heavy atom. The summed E-state index contributed by atoms with van der Waals surface area (Å²) >= 11 is 0. The lowest BCUT2D eigenvalue weighted by molar-refractivity contribution is -0.136. The highest BCUT2D eigenvalue weighted by atomic mass is 19.4. The molecule has 2 aromatic rings. The average Bonchev–Trinajstić information content (AvgIpc) is 2.58. The summed E-state index contributed by atoms with van der Waals surface area (Å²) in [6.07, 6.45) is -1.87. The normalized spacial score (nSPS) is 12.3. The van der Waals surface area contributed by atoms with Gasteiger partial charge in [0.1, 0.15) is 12.4 Å². The minimum absolute atomic E-state index is 0.0472. The lowest BCUT2D eigenvalue weighted by Gasteiger charge is -2.08. The van der Waals surface area contributed by atoms with Crippen molar-refractivity contribution in [2.45, 2.75) is 12.8 Å². The largest absolute Gasteiger partial charge is 0.418 e. The van der Waals surface area contributed by atoms with Crippen LogP contribution in [0.3, 0.4) is 0 Å². The summed E-state index contributed by atoms with van der Waals surface area (Å²) in [5.74, 6) is 0.191. The molecule has 0 atom stereocenters. The Balaban J connectivity index is 2.73. The van der Waals surface area contributed by atoms with Crippen LogP contribution in [-0.2, 0) is 12.8 Å². The predicted octanol–water partition coefficient (Wildman–Crippen LogP) is 1.85. The van der Waals surface area contributed by atoms with Crippen molar-refractivity contribution in [1.82, 2.24) is 9.38 Å². The number of hydrogen-bond acceptors (Lipinski definition) is 2. The molecule has 0 aliphatic carbocycles. The highest BCUT2D eigenvalue weighted by Gasteiger charge is 2.33. The van der Waals surface area contributed by atoms with Crippen molar-refractivity contribution in [3.05, 3.63) is 35.9 Å². The molecule has 3 nitrogen and oxygen atoms in total. The zero-order valence-electron chi connectivity index (χ0n) is 7.49. The van der Waals surface area contributed by atoms with Gasteiger partial charge in [-0.2, -0.15) is 13.2 Å². The van der Waals surface area contributed by atoms with Crippen molar-refractivity contribution in [1.29, 1.82) is 0 Å². The number of pyridine rings is 1. The van der Waals surface area contributed by atoms with Crippen LogP contribution in [0.4, 0.5) is 13.2 Å². The Labute approximate surface area is 82.8 Å². The molecule has 1 N–H and O–H groups in total. The first kappa shape index (κ1) is 9.97. The minimum atomic E-state index is -4.41. The molecule has 2 rings (SSSR count). The highest BCUT2D eigenvalue weighted by molar-refractivity contribution is 5.55. The van der Waals surface area contributed by atoms with E-state index in [4.69, 9.17) is 5.11 Å². The number of rotatable bonds is 1. The number of fused-ring (bicyclic) bond motifs is 1. The van der Waals surface area contributed by atoms with Crippen molar-refractivity contribution < 1.29 is 18.3 Å². The van der Waals surface area contributed by atoms with Gasteiger partial charge in [-0.25, -0.2) is 4.98 Å². The summed E-state index contributed by atoms with van der Waals surface area (Å²) in [4.78, 5) is 3.70. The average molecular weight is 216 g/mol. The molecule has 80 valence electrons. The number of aromatic nitrogens is 2. The minimum Gasteiger partial charge on any atom is -0.388 e. The van der Waals surface area contributed by atoms with Gasteiger partial charge in [-0.1, -0.05) is 0 Å². The zero-order valence-corrected chi connectivity index (χ0v) is 7.49. The van der Waals surface area contributed by atoms with Crippen LogP contribution in [0.25, 0.3) is 5.52 Å². The molecule has 0 saturated carbocycles. The van der Waals surface area contributed by atoms with E-state index in [0.29, 0.717) is 0 Å². The second-order valence-electron chi connectivity index (χ2n) is 3.01. The Morgan fingerprint density at radius 2 is 2.13 bits per heavy atom. The van der Waals surface area contributed by atoms with E-state index in [1.807, 2.05) is 0 Å². The lowest BCUT2D eigenvalue weighted by atomic mass is 10.2. The van der Waals surface area contributed by atoms with Crippen LogP contribution >= 0.6 is 0 Å². The molecule has 15 heavy (non-hydrogen) atoms. The van der Waals surface area contributed by atoms with Gasteiger partial charge in [0.25, 0.3) is 0 Å². The van der Waals surface area contributed by atoms with Gasteiger partial charge in [0.05, 0.1) is 17.3 Å². The van der Waals surface area contributed by atoms with Gasteiger partial charge in [0.2, 0.25) is 0 Å².